The van der Waals surface area contributed by atoms with Crippen LogP contribution < -0.4 is 0 Å². The number of ether oxygens (including phenoxy) is 3. The number of esters is 1. The van der Waals surface area contributed by atoms with E-state index in [4.69, 9.17) is 14.2 Å². The number of carbonyl (C=O) groups is 1. The van der Waals surface area contributed by atoms with Crippen LogP contribution >= 0.6 is 0 Å². The van der Waals surface area contributed by atoms with Gasteiger partial charge in [-0.25, -0.2) is 0 Å². The van der Waals surface area contributed by atoms with E-state index in [-0.39, 0.29) is 30.9 Å². The van der Waals surface area contributed by atoms with E-state index in [0.717, 1.165) is 0 Å². The Kier molecular flexibility index (Phi) is 12.6. The summed E-state index contributed by atoms with van der Waals surface area (Å²) >= 11 is 0. The highest BCUT2D eigenvalue weighted by Crippen LogP contribution is 2.36. The van der Waals surface area contributed by atoms with Crippen LogP contribution in [0.2, 0.25) is 0 Å². The molecule has 2 heterocycles. The smallest absolute Gasteiger partial charge is 0.311 e. The van der Waals surface area contributed by atoms with Crippen molar-refractivity contribution < 1.29 is 44.5 Å². The van der Waals surface area contributed by atoms with Gasteiger partial charge in [-0.15, -0.1) is 0 Å². The topological polar surface area (TPSA) is 152 Å². The third-order valence-electron chi connectivity index (χ3n) is 9.46. The highest BCUT2D eigenvalue weighted by molar-refractivity contribution is 5.73. The van der Waals surface area contributed by atoms with E-state index in [0.29, 0.717) is 13.0 Å². The van der Waals surface area contributed by atoms with Gasteiger partial charge in [-0.05, 0) is 80.9 Å². The van der Waals surface area contributed by atoms with E-state index in [9.17, 15) is 30.3 Å². The van der Waals surface area contributed by atoms with Gasteiger partial charge in [0.05, 0.1) is 29.8 Å². The molecule has 0 unspecified atom stereocenters. The lowest BCUT2D eigenvalue weighted by molar-refractivity contribution is -0.299. The number of hydrogen-bond donors (Lipinski definition) is 5. The normalized spacial score (nSPS) is 48.4. The first-order valence-corrected chi connectivity index (χ1v) is 15.1. The van der Waals surface area contributed by atoms with Gasteiger partial charge in [0.2, 0.25) is 0 Å². The van der Waals surface area contributed by atoms with Crippen molar-refractivity contribution >= 4 is 5.97 Å². The zero-order valence-corrected chi connectivity index (χ0v) is 27.0. The lowest BCUT2D eigenvalue weighted by Crippen LogP contribution is -2.59. The van der Waals surface area contributed by atoms with Gasteiger partial charge < -0.3 is 49.5 Å². The van der Waals surface area contributed by atoms with E-state index in [1.54, 1.807) is 27.7 Å². The van der Waals surface area contributed by atoms with Gasteiger partial charge >= 0.3 is 5.97 Å². The van der Waals surface area contributed by atoms with Gasteiger partial charge in [0.25, 0.3) is 0 Å². The quantitative estimate of drug-likeness (QED) is 0.298. The first-order valence-electron chi connectivity index (χ1n) is 15.1. The number of hydrogen-bond acceptors (Lipinski definition) is 11. The first kappa shape index (κ1) is 36.3. The molecule has 2 aliphatic heterocycles. The third-order valence-corrected chi connectivity index (χ3v) is 9.46. The van der Waals surface area contributed by atoms with E-state index in [1.807, 2.05) is 44.8 Å². The van der Waals surface area contributed by atoms with Crippen molar-refractivity contribution in [2.24, 2.45) is 17.8 Å². The molecule has 0 aliphatic carbocycles. The minimum atomic E-state index is -1.75. The molecule has 0 aromatic heterocycles. The number of aliphatic hydroxyl groups is 5. The first-order chi connectivity index (χ1) is 18.8. The van der Waals surface area contributed by atoms with Crippen molar-refractivity contribution in [1.29, 1.82) is 0 Å². The van der Waals surface area contributed by atoms with Gasteiger partial charge in [-0.3, -0.25) is 4.79 Å². The molecule has 0 spiro atoms. The molecular formula is C30H58N2O9. The summed E-state index contributed by atoms with van der Waals surface area (Å²) in [5.41, 5.74) is -3.25. The van der Waals surface area contributed by atoms with Gasteiger partial charge in [0.15, 0.2) is 6.29 Å². The van der Waals surface area contributed by atoms with Crippen molar-refractivity contribution in [2.45, 2.75) is 141 Å². The molecule has 11 nitrogen and oxygen atoms in total. The van der Waals surface area contributed by atoms with Crippen LogP contribution in [0.5, 0.6) is 0 Å². The minimum Gasteiger partial charge on any atom is -0.459 e. The number of likely N-dealkylation sites (N-methyl/N-ethyl adjacent to an activating group) is 2. The Hall–Kier alpha value is -0.890. The van der Waals surface area contributed by atoms with Crippen LogP contribution in [0.3, 0.4) is 0 Å². The summed E-state index contributed by atoms with van der Waals surface area (Å²) in [4.78, 5) is 17.1. The predicted octanol–water partition coefficient (Wildman–Crippen LogP) is 0.976. The Labute approximate surface area is 246 Å². The van der Waals surface area contributed by atoms with Crippen molar-refractivity contribution in [3.63, 3.8) is 0 Å². The van der Waals surface area contributed by atoms with Gasteiger partial charge in [-0.2, -0.15) is 0 Å². The van der Waals surface area contributed by atoms with E-state index < -0.39 is 71.9 Å². The minimum absolute atomic E-state index is 0.0990. The van der Waals surface area contributed by atoms with Crippen molar-refractivity contribution in [1.82, 2.24) is 9.80 Å². The SMILES string of the molecule is CC[C@@H]1OC(=O)[C@H](C)[C@@H](O)[C@H](C)[C@@H](O[C@@H]2O[C@@H](C)C[C@@H](N(C)C)[C@H]2O)[C@@](C)(O)C[C@@H](C)CN(C)[C@@H](C)[C@H](O)[C@]1(C)O. The van der Waals surface area contributed by atoms with E-state index in [1.165, 1.54) is 13.8 Å². The van der Waals surface area contributed by atoms with Crippen LogP contribution in [-0.2, 0) is 19.0 Å². The fraction of sp³-hybridized carbons (Fsp3) is 0.967. The molecule has 0 saturated carbocycles. The molecule has 5 N–H and O–H groups in total. The molecule has 2 rings (SSSR count). The van der Waals surface area contributed by atoms with Gasteiger partial charge in [0.1, 0.15) is 23.9 Å². The molecule has 2 aliphatic rings. The lowest BCUT2D eigenvalue weighted by atomic mass is 9.78. The Morgan fingerprint density at radius 1 is 1.05 bits per heavy atom. The Bertz CT molecular complexity index is 841. The highest BCUT2D eigenvalue weighted by atomic mass is 16.7. The lowest BCUT2D eigenvalue weighted by Gasteiger charge is -2.46. The molecular weight excluding hydrogens is 532 g/mol. The molecule has 11 heteroatoms. The number of nitrogens with zero attached hydrogens (tertiary/aromatic N) is 2. The van der Waals surface area contributed by atoms with Crippen LogP contribution in [0.4, 0.5) is 0 Å². The Morgan fingerprint density at radius 3 is 2.17 bits per heavy atom. The largest absolute Gasteiger partial charge is 0.459 e. The summed E-state index contributed by atoms with van der Waals surface area (Å²) in [6.45, 7) is 14.2. The number of aliphatic hydroxyl groups excluding tert-OH is 3. The maximum absolute atomic E-state index is 13.3. The Balaban J connectivity index is 2.52. The van der Waals surface area contributed by atoms with Crippen molar-refractivity contribution in [3.8, 4) is 0 Å². The van der Waals surface area contributed by atoms with Gasteiger partial charge in [0, 0.05) is 24.5 Å². The summed E-state index contributed by atoms with van der Waals surface area (Å²) in [5.74, 6) is -2.65. The second kappa shape index (κ2) is 14.3. The molecule has 2 saturated heterocycles. The number of carbonyl (C=O) groups excluding carboxylic acids is 1. The molecule has 0 amide bonds. The maximum atomic E-state index is 13.3. The molecule has 242 valence electrons. The molecule has 0 aromatic carbocycles. The van der Waals surface area contributed by atoms with E-state index >= 15 is 0 Å². The second-order valence-corrected chi connectivity index (χ2v) is 13.6. The van der Waals surface area contributed by atoms with E-state index in [2.05, 4.69) is 0 Å². The van der Waals surface area contributed by atoms with Crippen molar-refractivity contribution in [3.05, 3.63) is 0 Å². The molecule has 0 aromatic rings. The van der Waals surface area contributed by atoms with Crippen LogP contribution in [0.15, 0.2) is 0 Å². The third kappa shape index (κ3) is 8.39. The molecule has 0 bridgehead atoms. The summed E-state index contributed by atoms with van der Waals surface area (Å²) in [5, 5.41) is 57.0. The zero-order valence-electron chi connectivity index (χ0n) is 27.0. The number of cyclic esters (lactones) is 1. The standard InChI is InChI=1S/C30H58N2O9/c1-12-22-30(8,38)25(35)20(6)32(11)15-16(2)14-29(7,37)26(18(4)23(33)19(5)27(36)40-22)41-28-24(34)21(31(9)10)13-17(3)39-28/h16-26,28,33-35,37-38H,12-15H2,1-11H3/t16-,17+,18+,19-,20+,21-,22+,23+,24-,25+,26-,28+,29+,30-/m1/s1. The molecule has 14 atom stereocenters. The summed E-state index contributed by atoms with van der Waals surface area (Å²) < 4.78 is 18.1. The maximum Gasteiger partial charge on any atom is 0.311 e. The number of rotatable bonds is 4. The van der Waals surface area contributed by atoms with Crippen LogP contribution in [0, 0.1) is 17.8 Å². The second-order valence-electron chi connectivity index (χ2n) is 13.6. The zero-order chi connectivity index (χ0) is 31.6. The average Bonchev–Trinajstić information content (AvgIpc) is 2.87. The van der Waals surface area contributed by atoms with Gasteiger partial charge in [-0.1, -0.05) is 20.8 Å². The monoisotopic (exact) mass is 590 g/mol. The predicted molar refractivity (Wildman–Crippen MR) is 155 cm³/mol. The highest BCUT2D eigenvalue weighted by Gasteiger charge is 2.49. The van der Waals surface area contributed by atoms with Crippen LogP contribution in [0.25, 0.3) is 0 Å². The summed E-state index contributed by atoms with van der Waals surface area (Å²) in [6, 6.07) is -0.733. The molecule has 41 heavy (non-hydrogen) atoms. The molecule has 2 fully saturated rings. The average molecular weight is 591 g/mol. The fourth-order valence-corrected chi connectivity index (χ4v) is 6.74. The van der Waals surface area contributed by atoms with Crippen molar-refractivity contribution in [2.75, 3.05) is 27.7 Å². The molecule has 0 radical (unpaired) electrons. The fourth-order valence-electron chi connectivity index (χ4n) is 6.74. The van der Waals surface area contributed by atoms with Crippen LogP contribution in [-0.4, -0.2) is 135 Å². The Morgan fingerprint density at radius 2 is 1.63 bits per heavy atom. The van der Waals surface area contributed by atoms with Crippen LogP contribution in [0.1, 0.15) is 74.7 Å². The summed E-state index contributed by atoms with van der Waals surface area (Å²) in [7, 11) is 5.58. The summed E-state index contributed by atoms with van der Waals surface area (Å²) in [6.07, 6.45) is -5.74.